The van der Waals surface area contributed by atoms with Gasteiger partial charge in [-0.25, -0.2) is 0 Å². The molecule has 1 aromatic carbocycles. The Kier molecular flexibility index (Phi) is 4.29. The van der Waals surface area contributed by atoms with Crippen LogP contribution in [0, 0.1) is 17.8 Å². The van der Waals surface area contributed by atoms with Gasteiger partial charge >= 0.3 is 0 Å². The van der Waals surface area contributed by atoms with Crippen molar-refractivity contribution in [2.75, 3.05) is 19.6 Å². The Balaban J connectivity index is 1.55. The number of benzene rings is 1. The van der Waals surface area contributed by atoms with Crippen LogP contribution in [0.2, 0.25) is 0 Å². The second-order valence-electron chi connectivity index (χ2n) is 7.83. The first-order valence-electron chi connectivity index (χ1n) is 9.44. The molecule has 3 aliphatic rings. The van der Waals surface area contributed by atoms with E-state index in [0.717, 1.165) is 24.9 Å². The van der Waals surface area contributed by atoms with Crippen molar-refractivity contribution in [1.82, 2.24) is 4.90 Å². The Morgan fingerprint density at radius 3 is 2.43 bits per heavy atom. The molecule has 23 heavy (non-hydrogen) atoms. The molecule has 0 amide bonds. The van der Waals surface area contributed by atoms with Gasteiger partial charge in [-0.1, -0.05) is 48.9 Å². The van der Waals surface area contributed by atoms with E-state index >= 15 is 0 Å². The van der Waals surface area contributed by atoms with E-state index in [0.29, 0.717) is 17.8 Å². The normalized spacial score (nSPS) is 33.0. The molecular formula is C21H29NO. The number of piperidine rings is 1. The lowest BCUT2D eigenvalue weighted by Crippen LogP contribution is -2.42. The maximum atomic E-state index is 11.8. The van der Waals surface area contributed by atoms with Crippen LogP contribution in [0.25, 0.3) is 0 Å². The van der Waals surface area contributed by atoms with Gasteiger partial charge in [0.1, 0.15) is 0 Å². The van der Waals surface area contributed by atoms with Crippen LogP contribution in [0.1, 0.15) is 44.1 Å². The van der Waals surface area contributed by atoms with E-state index in [1.165, 1.54) is 38.8 Å². The second-order valence-corrected chi connectivity index (χ2v) is 7.83. The van der Waals surface area contributed by atoms with Crippen LogP contribution in [-0.4, -0.2) is 29.6 Å². The zero-order chi connectivity index (χ0) is 15.7. The van der Waals surface area contributed by atoms with Gasteiger partial charge in [0.05, 0.1) is 5.60 Å². The highest BCUT2D eigenvalue weighted by molar-refractivity contribution is 5.27. The summed E-state index contributed by atoms with van der Waals surface area (Å²) in [6.45, 7) is 3.45. The molecule has 1 saturated heterocycles. The minimum absolute atomic E-state index is 0.393. The SMILES string of the molecule is OC(CCN1CCCCC1)(c1ccccc1)[C@@H]1C[C@@H]2C=C[C@H]1C2. The van der Waals surface area contributed by atoms with Crippen LogP contribution in [0.5, 0.6) is 0 Å². The first-order valence-corrected chi connectivity index (χ1v) is 9.44. The predicted octanol–water partition coefficient (Wildman–Crippen LogP) is 3.96. The molecule has 2 heteroatoms. The van der Waals surface area contributed by atoms with Gasteiger partial charge < -0.3 is 10.0 Å². The quantitative estimate of drug-likeness (QED) is 0.832. The molecule has 1 saturated carbocycles. The number of hydrogen-bond acceptors (Lipinski definition) is 2. The highest BCUT2D eigenvalue weighted by atomic mass is 16.3. The van der Waals surface area contributed by atoms with Gasteiger partial charge in [-0.2, -0.15) is 0 Å². The molecule has 0 radical (unpaired) electrons. The summed E-state index contributed by atoms with van der Waals surface area (Å²) in [6, 6.07) is 10.5. The van der Waals surface area contributed by atoms with Crippen molar-refractivity contribution in [3.8, 4) is 0 Å². The summed E-state index contributed by atoms with van der Waals surface area (Å²) in [5.41, 5.74) is 0.464. The molecule has 1 aromatic rings. The van der Waals surface area contributed by atoms with Gasteiger partial charge in [0, 0.05) is 6.54 Å². The average Bonchev–Trinajstić information content (AvgIpc) is 3.25. The summed E-state index contributed by atoms with van der Waals surface area (Å²) in [6.07, 6.45) is 12.0. The lowest BCUT2D eigenvalue weighted by molar-refractivity contribution is -0.0495. The number of likely N-dealkylation sites (tertiary alicyclic amines) is 1. The van der Waals surface area contributed by atoms with Gasteiger partial charge in [0.2, 0.25) is 0 Å². The van der Waals surface area contributed by atoms with Crippen LogP contribution < -0.4 is 0 Å². The van der Waals surface area contributed by atoms with Crippen LogP contribution in [0.15, 0.2) is 42.5 Å². The van der Waals surface area contributed by atoms with Crippen molar-refractivity contribution in [3.05, 3.63) is 48.0 Å². The lowest BCUT2D eigenvalue weighted by Gasteiger charge is -2.40. The number of hydrogen-bond donors (Lipinski definition) is 1. The molecule has 1 heterocycles. The molecule has 4 atom stereocenters. The van der Waals surface area contributed by atoms with Crippen molar-refractivity contribution in [2.45, 2.75) is 44.1 Å². The number of fused-ring (bicyclic) bond motifs is 2. The molecule has 1 N–H and O–H groups in total. The molecule has 1 unspecified atom stereocenters. The Morgan fingerprint density at radius 1 is 1.00 bits per heavy atom. The van der Waals surface area contributed by atoms with Crippen molar-refractivity contribution in [3.63, 3.8) is 0 Å². The van der Waals surface area contributed by atoms with Crippen LogP contribution in [-0.2, 0) is 5.60 Å². The van der Waals surface area contributed by atoms with E-state index < -0.39 is 5.60 Å². The maximum absolute atomic E-state index is 11.8. The van der Waals surface area contributed by atoms with E-state index in [-0.39, 0.29) is 0 Å². The standard InChI is InChI=1S/C21H29NO/c23-21(19-7-3-1-4-8-19,11-14-22-12-5-2-6-13-22)20-16-17-9-10-18(20)15-17/h1,3-4,7-10,17-18,20,23H,2,5-6,11-16H2/t17-,18+,20-,21?/m1/s1. The van der Waals surface area contributed by atoms with E-state index in [1.807, 2.05) is 0 Å². The minimum Gasteiger partial charge on any atom is -0.385 e. The largest absolute Gasteiger partial charge is 0.385 e. The highest BCUT2D eigenvalue weighted by Crippen LogP contribution is 2.52. The fourth-order valence-electron chi connectivity index (χ4n) is 5.11. The molecule has 2 bridgehead atoms. The Bertz CT molecular complexity index is 548. The van der Waals surface area contributed by atoms with Crippen molar-refractivity contribution in [1.29, 1.82) is 0 Å². The molecule has 124 valence electrons. The zero-order valence-corrected chi connectivity index (χ0v) is 14.0. The van der Waals surface area contributed by atoms with Crippen LogP contribution >= 0.6 is 0 Å². The van der Waals surface area contributed by atoms with Gasteiger partial charge in [-0.3, -0.25) is 0 Å². The number of rotatable bonds is 5. The zero-order valence-electron chi connectivity index (χ0n) is 14.0. The number of allylic oxidation sites excluding steroid dienone is 2. The first kappa shape index (κ1) is 15.4. The summed E-state index contributed by atoms with van der Waals surface area (Å²) in [5, 5.41) is 11.8. The Morgan fingerprint density at radius 2 is 1.78 bits per heavy atom. The van der Waals surface area contributed by atoms with Gasteiger partial charge in [-0.15, -0.1) is 0 Å². The smallest absolute Gasteiger partial charge is 0.0942 e. The average molecular weight is 311 g/mol. The molecule has 2 nitrogen and oxygen atoms in total. The van der Waals surface area contributed by atoms with Gasteiger partial charge in [0.15, 0.2) is 0 Å². The first-order chi connectivity index (χ1) is 11.3. The van der Waals surface area contributed by atoms with E-state index in [9.17, 15) is 5.11 Å². The van der Waals surface area contributed by atoms with Crippen LogP contribution in [0.3, 0.4) is 0 Å². The van der Waals surface area contributed by atoms with E-state index in [1.54, 1.807) is 0 Å². The molecule has 1 aliphatic heterocycles. The second kappa shape index (κ2) is 6.41. The Hall–Kier alpha value is -1.12. The molecule has 2 aliphatic carbocycles. The summed E-state index contributed by atoms with van der Waals surface area (Å²) >= 11 is 0. The van der Waals surface area contributed by atoms with Crippen molar-refractivity contribution in [2.24, 2.45) is 17.8 Å². The summed E-state index contributed by atoms with van der Waals surface area (Å²) < 4.78 is 0. The molecule has 2 fully saturated rings. The summed E-state index contributed by atoms with van der Waals surface area (Å²) in [5.74, 6) is 1.67. The lowest BCUT2D eigenvalue weighted by atomic mass is 9.72. The van der Waals surface area contributed by atoms with Crippen molar-refractivity contribution >= 4 is 0 Å². The predicted molar refractivity (Wildman–Crippen MR) is 94.1 cm³/mol. The fourth-order valence-corrected chi connectivity index (χ4v) is 5.11. The third kappa shape index (κ3) is 2.99. The summed E-state index contributed by atoms with van der Waals surface area (Å²) in [7, 11) is 0. The minimum atomic E-state index is -0.664. The third-order valence-corrected chi connectivity index (χ3v) is 6.42. The number of nitrogens with zero attached hydrogens (tertiary/aromatic N) is 1. The van der Waals surface area contributed by atoms with Crippen molar-refractivity contribution < 1.29 is 5.11 Å². The van der Waals surface area contributed by atoms with Gasteiger partial charge in [0.25, 0.3) is 0 Å². The molecule has 0 aromatic heterocycles. The van der Waals surface area contributed by atoms with Gasteiger partial charge in [-0.05, 0) is 68.5 Å². The van der Waals surface area contributed by atoms with E-state index in [4.69, 9.17) is 0 Å². The molecule has 4 rings (SSSR count). The number of aliphatic hydroxyl groups is 1. The molecular weight excluding hydrogens is 282 g/mol. The summed E-state index contributed by atoms with van der Waals surface area (Å²) in [4.78, 5) is 2.56. The fraction of sp³-hybridized carbons (Fsp3) is 0.619. The van der Waals surface area contributed by atoms with E-state index in [2.05, 4.69) is 47.4 Å². The third-order valence-electron chi connectivity index (χ3n) is 6.42. The monoisotopic (exact) mass is 311 g/mol. The Labute approximate surface area is 140 Å². The molecule has 0 spiro atoms. The van der Waals surface area contributed by atoms with Crippen LogP contribution in [0.4, 0.5) is 0 Å². The maximum Gasteiger partial charge on any atom is 0.0942 e. The topological polar surface area (TPSA) is 23.5 Å². The highest BCUT2D eigenvalue weighted by Gasteiger charge is 2.48.